The highest BCUT2D eigenvalue weighted by molar-refractivity contribution is 7.99. The van der Waals surface area contributed by atoms with Gasteiger partial charge in [-0.1, -0.05) is 18.2 Å². The third-order valence-electron chi connectivity index (χ3n) is 3.89. The van der Waals surface area contributed by atoms with E-state index in [1.165, 1.54) is 11.8 Å². The lowest BCUT2D eigenvalue weighted by Crippen LogP contribution is -2.24. The molecule has 0 radical (unpaired) electrons. The molecule has 2 aromatic rings. The Morgan fingerprint density at radius 1 is 1.22 bits per heavy atom. The van der Waals surface area contributed by atoms with Gasteiger partial charge in [0.2, 0.25) is 0 Å². The van der Waals surface area contributed by atoms with Crippen LogP contribution in [0.4, 0.5) is 0 Å². The fourth-order valence-electron chi connectivity index (χ4n) is 2.45. The summed E-state index contributed by atoms with van der Waals surface area (Å²) in [5.41, 5.74) is 6.31. The summed E-state index contributed by atoms with van der Waals surface area (Å²) in [6.07, 6.45) is 0. The van der Waals surface area contributed by atoms with Crippen LogP contribution in [0.2, 0.25) is 0 Å². The molecule has 0 saturated heterocycles. The molecular formula is C20H21N2O4S-. The minimum Gasteiger partial charge on any atom is -0.549 e. The van der Waals surface area contributed by atoms with Crippen molar-refractivity contribution in [2.24, 2.45) is 5.10 Å². The topological polar surface area (TPSA) is 90.8 Å². The summed E-state index contributed by atoms with van der Waals surface area (Å²) in [6, 6.07) is 12.8. The van der Waals surface area contributed by atoms with E-state index in [-0.39, 0.29) is 11.7 Å². The normalized spacial score (nSPS) is 11.1. The Bertz CT molecular complexity index is 865. The number of nitrogens with zero attached hydrogens (tertiary/aromatic N) is 1. The number of methoxy groups -OCH3 is 1. The molecule has 0 unspecified atom stereocenters. The number of ether oxygens (including phenoxy) is 1. The van der Waals surface area contributed by atoms with Crippen LogP contribution in [0.3, 0.4) is 0 Å². The average molecular weight is 385 g/mol. The number of aliphatic carboxylic acids is 1. The molecule has 142 valence electrons. The second kappa shape index (κ2) is 9.78. The Morgan fingerprint density at radius 3 is 2.63 bits per heavy atom. The van der Waals surface area contributed by atoms with Gasteiger partial charge in [-0.05, 0) is 49.2 Å². The lowest BCUT2D eigenvalue weighted by molar-refractivity contribution is -0.301. The second-order valence-electron chi connectivity index (χ2n) is 5.84. The summed E-state index contributed by atoms with van der Waals surface area (Å²) in [4.78, 5) is 22.9. The van der Waals surface area contributed by atoms with Crippen LogP contribution in [-0.2, 0) is 10.5 Å². The quantitative estimate of drug-likeness (QED) is 0.555. The highest BCUT2D eigenvalue weighted by atomic mass is 32.2. The van der Waals surface area contributed by atoms with Crippen molar-refractivity contribution in [2.45, 2.75) is 19.6 Å². The molecule has 0 bridgehead atoms. The molecule has 6 nitrogen and oxygen atoms in total. The Kier molecular flexibility index (Phi) is 7.43. The zero-order valence-corrected chi connectivity index (χ0v) is 16.3. The zero-order valence-electron chi connectivity index (χ0n) is 15.4. The smallest absolute Gasteiger partial charge is 0.271 e. The summed E-state index contributed by atoms with van der Waals surface area (Å²) >= 11 is 1.23. The van der Waals surface area contributed by atoms with Crippen molar-refractivity contribution >= 4 is 29.4 Å². The monoisotopic (exact) mass is 385 g/mol. The molecule has 1 amide bonds. The van der Waals surface area contributed by atoms with Gasteiger partial charge in [0.05, 0.1) is 18.8 Å². The molecule has 7 heteroatoms. The first-order valence-electron chi connectivity index (χ1n) is 8.27. The Hall–Kier alpha value is -2.80. The fraction of sp³-hybridized carbons (Fsp3) is 0.250. The number of carboxylic acid groups (broad SMARTS) is 1. The molecule has 0 heterocycles. The van der Waals surface area contributed by atoms with Crippen LogP contribution in [-0.4, -0.2) is 30.5 Å². The largest absolute Gasteiger partial charge is 0.549 e. The van der Waals surface area contributed by atoms with Gasteiger partial charge < -0.3 is 14.6 Å². The van der Waals surface area contributed by atoms with Crippen molar-refractivity contribution in [3.63, 3.8) is 0 Å². The highest BCUT2D eigenvalue weighted by Gasteiger charge is 2.09. The van der Waals surface area contributed by atoms with Crippen LogP contribution >= 0.6 is 11.8 Å². The molecule has 2 rings (SSSR count). The summed E-state index contributed by atoms with van der Waals surface area (Å²) in [5, 5.41) is 14.8. The van der Waals surface area contributed by atoms with E-state index in [4.69, 9.17) is 4.74 Å². The molecule has 0 atom stereocenters. The van der Waals surface area contributed by atoms with Crippen molar-refractivity contribution < 1.29 is 19.4 Å². The van der Waals surface area contributed by atoms with Crippen LogP contribution in [0, 0.1) is 6.92 Å². The van der Waals surface area contributed by atoms with Gasteiger partial charge >= 0.3 is 0 Å². The maximum atomic E-state index is 12.3. The van der Waals surface area contributed by atoms with Crippen LogP contribution < -0.4 is 15.3 Å². The number of nitrogens with one attached hydrogen (secondary N) is 1. The number of hydrogen-bond donors (Lipinski definition) is 1. The number of aryl methyl sites for hydroxylation is 1. The zero-order chi connectivity index (χ0) is 19.8. The standard InChI is InChI=1S/C20H22N2O4S/c1-13-6-4-5-7-17(13)20(25)22-21-14(2)15-8-9-18(26-3)16(10-15)11-27-12-19(23)24/h4-10H,11-12H2,1-3H3,(H,22,25)(H,23,24)/p-1/b21-14-. The predicted octanol–water partition coefficient (Wildman–Crippen LogP) is 2.14. The van der Waals surface area contributed by atoms with E-state index in [2.05, 4.69) is 10.5 Å². The first-order chi connectivity index (χ1) is 12.9. The first kappa shape index (κ1) is 20.5. The lowest BCUT2D eigenvalue weighted by atomic mass is 10.1. The minimum atomic E-state index is -1.10. The van der Waals surface area contributed by atoms with Crippen molar-refractivity contribution in [1.29, 1.82) is 0 Å². The predicted molar refractivity (Wildman–Crippen MR) is 105 cm³/mol. The Balaban J connectivity index is 2.13. The Labute approximate surface area is 162 Å². The van der Waals surface area contributed by atoms with Gasteiger partial charge in [-0.15, -0.1) is 0 Å². The van der Waals surface area contributed by atoms with Crippen molar-refractivity contribution in [2.75, 3.05) is 12.9 Å². The summed E-state index contributed by atoms with van der Waals surface area (Å²) in [7, 11) is 1.56. The van der Waals surface area contributed by atoms with Crippen molar-refractivity contribution in [1.82, 2.24) is 5.43 Å². The number of thioether (sulfide) groups is 1. The van der Waals surface area contributed by atoms with E-state index >= 15 is 0 Å². The van der Waals surface area contributed by atoms with Gasteiger partial charge in [-0.25, -0.2) is 5.43 Å². The molecule has 0 aliphatic carbocycles. The van der Waals surface area contributed by atoms with Gasteiger partial charge in [0.1, 0.15) is 5.75 Å². The molecule has 0 aromatic heterocycles. The number of carbonyl (C=O) groups excluding carboxylic acids is 2. The van der Waals surface area contributed by atoms with Crippen LogP contribution in [0.5, 0.6) is 5.75 Å². The van der Waals surface area contributed by atoms with Crippen molar-refractivity contribution in [3.8, 4) is 5.75 Å². The van der Waals surface area contributed by atoms with Gasteiger partial charge in [-0.3, -0.25) is 4.79 Å². The van der Waals surface area contributed by atoms with Gasteiger partial charge in [0.15, 0.2) is 0 Å². The van der Waals surface area contributed by atoms with Gasteiger partial charge in [0.25, 0.3) is 5.91 Å². The maximum Gasteiger partial charge on any atom is 0.271 e. The number of carboxylic acids is 1. The SMILES string of the molecule is COc1ccc(/C(C)=N\NC(=O)c2ccccc2C)cc1CSCC(=O)[O-]. The van der Waals surface area contributed by atoms with E-state index in [0.717, 1.165) is 16.7 Å². The van der Waals surface area contributed by atoms with Crippen molar-refractivity contribution in [3.05, 3.63) is 64.7 Å². The maximum absolute atomic E-state index is 12.3. The molecule has 0 fully saturated rings. The van der Waals surface area contributed by atoms with Gasteiger partial charge in [0, 0.05) is 22.6 Å². The van der Waals surface area contributed by atoms with E-state index in [1.54, 1.807) is 32.2 Å². The van der Waals surface area contributed by atoms with E-state index in [1.807, 2.05) is 31.2 Å². The van der Waals surface area contributed by atoms with Crippen LogP contribution in [0.25, 0.3) is 0 Å². The number of carbonyl (C=O) groups is 2. The van der Waals surface area contributed by atoms with Gasteiger partial charge in [-0.2, -0.15) is 16.9 Å². The van der Waals surface area contributed by atoms with Crippen LogP contribution in [0.15, 0.2) is 47.6 Å². The molecule has 0 aliphatic rings. The minimum absolute atomic E-state index is 0.0903. The molecular weight excluding hydrogens is 364 g/mol. The molecule has 2 aromatic carbocycles. The number of rotatable bonds is 8. The molecule has 0 aliphatic heterocycles. The average Bonchev–Trinajstić information content (AvgIpc) is 2.65. The van der Waals surface area contributed by atoms with E-state index < -0.39 is 5.97 Å². The highest BCUT2D eigenvalue weighted by Crippen LogP contribution is 2.24. The lowest BCUT2D eigenvalue weighted by Gasteiger charge is -2.11. The summed E-state index contributed by atoms with van der Waals surface area (Å²) < 4.78 is 5.32. The van der Waals surface area contributed by atoms with Crippen LogP contribution in [0.1, 0.15) is 34.0 Å². The fourth-order valence-corrected chi connectivity index (χ4v) is 3.16. The number of amides is 1. The molecule has 0 saturated carbocycles. The number of benzene rings is 2. The number of hydrogen-bond acceptors (Lipinski definition) is 6. The summed E-state index contributed by atoms with van der Waals surface area (Å²) in [5.74, 6) is -0.334. The third-order valence-corrected chi connectivity index (χ3v) is 4.85. The summed E-state index contributed by atoms with van der Waals surface area (Å²) in [6.45, 7) is 3.66. The molecule has 27 heavy (non-hydrogen) atoms. The number of hydrazone groups is 1. The van der Waals surface area contributed by atoms with E-state index in [0.29, 0.717) is 22.8 Å². The molecule has 0 spiro atoms. The first-order valence-corrected chi connectivity index (χ1v) is 9.43. The molecule has 1 N–H and O–H groups in total. The second-order valence-corrected chi connectivity index (χ2v) is 6.83. The third kappa shape index (κ3) is 5.86. The van der Waals surface area contributed by atoms with E-state index in [9.17, 15) is 14.7 Å². The Morgan fingerprint density at radius 2 is 1.96 bits per heavy atom.